The number of aromatic nitrogens is 3. The molecule has 7 heteroatoms. The Morgan fingerprint density at radius 2 is 2.22 bits per heavy atom. The maximum atomic E-state index is 12.3. The molecule has 2 aromatic rings. The molecule has 0 aliphatic carbocycles. The molecule has 0 bridgehead atoms. The first kappa shape index (κ1) is 15.9. The summed E-state index contributed by atoms with van der Waals surface area (Å²) in [5, 5.41) is 11.3. The maximum Gasteiger partial charge on any atom is 0.251 e. The third-order valence-corrected chi connectivity index (χ3v) is 4.64. The van der Waals surface area contributed by atoms with E-state index in [9.17, 15) is 9.00 Å². The summed E-state index contributed by atoms with van der Waals surface area (Å²) in [7, 11) is -0.921. The summed E-state index contributed by atoms with van der Waals surface area (Å²) in [5.74, 6) is 2.12. The summed E-state index contributed by atoms with van der Waals surface area (Å²) in [6.07, 6.45) is 4.89. The smallest absolute Gasteiger partial charge is 0.251 e. The number of nitrogens with one attached hydrogen (secondary N) is 1. The van der Waals surface area contributed by atoms with Crippen LogP contribution in [-0.4, -0.2) is 31.1 Å². The molecule has 0 spiro atoms. The number of benzene rings is 1. The van der Waals surface area contributed by atoms with Gasteiger partial charge >= 0.3 is 0 Å². The van der Waals surface area contributed by atoms with Crippen LogP contribution in [0.4, 0.5) is 0 Å². The van der Waals surface area contributed by atoms with E-state index in [1.54, 1.807) is 18.4 Å². The molecule has 23 heavy (non-hydrogen) atoms. The van der Waals surface area contributed by atoms with Crippen LogP contribution in [0.2, 0.25) is 0 Å². The van der Waals surface area contributed by atoms with Gasteiger partial charge in [0, 0.05) is 41.3 Å². The largest absolute Gasteiger partial charge is 0.345 e. The van der Waals surface area contributed by atoms with E-state index < -0.39 is 10.8 Å². The van der Waals surface area contributed by atoms with Gasteiger partial charge < -0.3 is 9.88 Å². The van der Waals surface area contributed by atoms with E-state index in [0.717, 1.165) is 43.0 Å². The normalized spacial score (nSPS) is 15.0. The minimum absolute atomic E-state index is 0.151. The average Bonchev–Trinajstić information content (AvgIpc) is 2.95. The quantitative estimate of drug-likeness (QED) is 0.898. The minimum Gasteiger partial charge on any atom is -0.345 e. The van der Waals surface area contributed by atoms with Crippen molar-refractivity contribution in [2.24, 2.45) is 0 Å². The van der Waals surface area contributed by atoms with Crippen LogP contribution in [0.3, 0.4) is 0 Å². The second-order valence-electron chi connectivity index (χ2n) is 5.74. The highest BCUT2D eigenvalue weighted by molar-refractivity contribution is 7.83. The van der Waals surface area contributed by atoms with Crippen LogP contribution < -0.4 is 5.32 Å². The van der Waals surface area contributed by atoms with Gasteiger partial charge in [0.15, 0.2) is 5.82 Å². The van der Waals surface area contributed by atoms with Crippen molar-refractivity contribution in [3.63, 3.8) is 0 Å². The Morgan fingerprint density at radius 3 is 3.04 bits per heavy atom. The van der Waals surface area contributed by atoms with E-state index in [0.29, 0.717) is 17.9 Å². The van der Waals surface area contributed by atoms with Crippen molar-refractivity contribution in [3.8, 4) is 0 Å². The van der Waals surface area contributed by atoms with Crippen LogP contribution in [-0.2, 0) is 36.1 Å². The Bertz CT molecular complexity index is 741. The standard InChI is InChI=1S/C16H20N4O2S/c1-23(22)11-12-5-4-6-13(9-12)16(21)17-10-15-19-18-14-7-2-3-8-20(14)15/h4-6,9H,2-3,7-8,10-11H2,1H3,(H,17,21)/t23-/m1/s1. The molecule has 122 valence electrons. The van der Waals surface area contributed by atoms with Crippen molar-refractivity contribution in [3.05, 3.63) is 47.0 Å². The number of fused-ring (bicyclic) bond motifs is 1. The third kappa shape index (κ3) is 3.85. The van der Waals surface area contributed by atoms with Crippen LogP contribution in [0.15, 0.2) is 24.3 Å². The number of hydrogen-bond donors (Lipinski definition) is 1. The van der Waals surface area contributed by atoms with E-state index in [4.69, 9.17) is 0 Å². The number of hydrogen-bond acceptors (Lipinski definition) is 4. The van der Waals surface area contributed by atoms with Crippen LogP contribution in [0.5, 0.6) is 0 Å². The SMILES string of the molecule is C[S@@](=O)Cc1cccc(C(=O)NCc2nnc3n2CCCC3)c1. The zero-order valence-electron chi connectivity index (χ0n) is 13.1. The van der Waals surface area contributed by atoms with Crippen molar-refractivity contribution in [2.45, 2.75) is 38.1 Å². The first-order valence-electron chi connectivity index (χ1n) is 7.71. The molecule has 6 nitrogen and oxygen atoms in total. The average molecular weight is 332 g/mol. The molecule has 2 heterocycles. The van der Waals surface area contributed by atoms with Gasteiger partial charge in [-0.3, -0.25) is 9.00 Å². The lowest BCUT2D eigenvalue weighted by Crippen LogP contribution is -2.25. The molecule has 0 radical (unpaired) electrons. The van der Waals surface area contributed by atoms with Crippen LogP contribution in [0.25, 0.3) is 0 Å². The molecule has 1 aliphatic rings. The van der Waals surface area contributed by atoms with E-state index in [-0.39, 0.29) is 5.91 Å². The first-order valence-corrected chi connectivity index (χ1v) is 9.44. The van der Waals surface area contributed by atoms with Crippen molar-refractivity contribution in [2.75, 3.05) is 6.26 Å². The first-order chi connectivity index (χ1) is 11.1. The van der Waals surface area contributed by atoms with Gasteiger partial charge in [0.25, 0.3) is 5.91 Å². The van der Waals surface area contributed by atoms with Crippen LogP contribution in [0, 0.1) is 0 Å². The predicted octanol–water partition coefficient (Wildman–Crippen LogP) is 1.42. The molecule has 1 aromatic heterocycles. The molecule has 0 unspecified atom stereocenters. The van der Waals surface area contributed by atoms with E-state index in [1.165, 1.54) is 0 Å². The Hall–Kier alpha value is -2.02. The van der Waals surface area contributed by atoms with Gasteiger partial charge in [0.2, 0.25) is 0 Å². The van der Waals surface area contributed by atoms with Gasteiger partial charge in [-0.1, -0.05) is 12.1 Å². The third-order valence-electron chi connectivity index (χ3n) is 3.90. The van der Waals surface area contributed by atoms with Crippen LogP contribution >= 0.6 is 0 Å². The lowest BCUT2D eigenvalue weighted by atomic mass is 10.1. The Morgan fingerprint density at radius 1 is 1.35 bits per heavy atom. The van der Waals surface area contributed by atoms with Crippen molar-refractivity contribution in [1.29, 1.82) is 0 Å². The van der Waals surface area contributed by atoms with Gasteiger partial charge in [-0.15, -0.1) is 10.2 Å². The van der Waals surface area contributed by atoms with Crippen molar-refractivity contribution < 1.29 is 9.00 Å². The lowest BCUT2D eigenvalue weighted by molar-refractivity contribution is 0.0949. The number of aryl methyl sites for hydroxylation is 1. The molecule has 1 atom stereocenters. The fourth-order valence-electron chi connectivity index (χ4n) is 2.80. The molecular weight excluding hydrogens is 312 g/mol. The van der Waals surface area contributed by atoms with Gasteiger partial charge in [0.05, 0.1) is 6.54 Å². The maximum absolute atomic E-state index is 12.3. The zero-order valence-corrected chi connectivity index (χ0v) is 13.9. The highest BCUT2D eigenvalue weighted by Gasteiger charge is 2.16. The predicted molar refractivity (Wildman–Crippen MR) is 88.3 cm³/mol. The second-order valence-corrected chi connectivity index (χ2v) is 7.18. The summed E-state index contributed by atoms with van der Waals surface area (Å²) in [6.45, 7) is 1.29. The highest BCUT2D eigenvalue weighted by atomic mass is 32.2. The van der Waals surface area contributed by atoms with Gasteiger partial charge in [-0.2, -0.15) is 0 Å². The second kappa shape index (κ2) is 7.04. The molecular formula is C16H20N4O2S. The molecule has 0 saturated heterocycles. The summed E-state index contributed by atoms with van der Waals surface area (Å²) in [6, 6.07) is 7.25. The van der Waals surface area contributed by atoms with Gasteiger partial charge in [-0.25, -0.2) is 0 Å². The summed E-state index contributed by atoms with van der Waals surface area (Å²) in [5.41, 5.74) is 1.48. The number of rotatable bonds is 5. The van der Waals surface area contributed by atoms with E-state index in [1.807, 2.05) is 12.1 Å². The molecule has 0 fully saturated rings. The monoisotopic (exact) mass is 332 g/mol. The Kier molecular flexibility index (Phi) is 4.85. The van der Waals surface area contributed by atoms with Crippen molar-refractivity contribution >= 4 is 16.7 Å². The van der Waals surface area contributed by atoms with E-state index >= 15 is 0 Å². The Labute approximate surface area is 137 Å². The lowest BCUT2D eigenvalue weighted by Gasteiger charge is -2.14. The number of carbonyl (C=O) groups is 1. The summed E-state index contributed by atoms with van der Waals surface area (Å²) < 4.78 is 13.4. The summed E-state index contributed by atoms with van der Waals surface area (Å²) in [4.78, 5) is 12.3. The zero-order chi connectivity index (χ0) is 16.2. The highest BCUT2D eigenvalue weighted by Crippen LogP contribution is 2.14. The number of amides is 1. The van der Waals surface area contributed by atoms with Crippen LogP contribution in [0.1, 0.15) is 40.4 Å². The summed E-state index contributed by atoms with van der Waals surface area (Å²) >= 11 is 0. The molecule has 3 rings (SSSR count). The van der Waals surface area contributed by atoms with Gasteiger partial charge in [-0.05, 0) is 30.5 Å². The fourth-order valence-corrected chi connectivity index (χ4v) is 3.45. The topological polar surface area (TPSA) is 76.9 Å². The molecule has 1 N–H and O–H groups in total. The Balaban J connectivity index is 1.65. The van der Waals surface area contributed by atoms with Crippen molar-refractivity contribution in [1.82, 2.24) is 20.1 Å². The fraction of sp³-hybridized carbons (Fsp3) is 0.438. The van der Waals surface area contributed by atoms with Gasteiger partial charge in [0.1, 0.15) is 5.82 Å². The molecule has 1 aromatic carbocycles. The minimum atomic E-state index is -0.921. The molecule has 0 saturated carbocycles. The van der Waals surface area contributed by atoms with E-state index in [2.05, 4.69) is 20.1 Å². The number of carbonyl (C=O) groups excluding carboxylic acids is 1. The molecule has 1 amide bonds. The molecule has 1 aliphatic heterocycles. The number of nitrogens with zero attached hydrogens (tertiary/aromatic N) is 3.